The van der Waals surface area contributed by atoms with Gasteiger partial charge in [0.2, 0.25) is 0 Å². The second kappa shape index (κ2) is 5.98. The van der Waals surface area contributed by atoms with Crippen molar-refractivity contribution in [3.8, 4) is 0 Å². The first-order valence-corrected chi connectivity index (χ1v) is 8.85. The number of nitrogens with one attached hydrogen (secondary N) is 1. The minimum absolute atomic E-state index is 0.0464. The van der Waals surface area contributed by atoms with Crippen LogP contribution in [0.25, 0.3) is 10.1 Å². The molecule has 0 aliphatic carbocycles. The number of fused-ring (bicyclic) bond motifs is 1. The van der Waals surface area contributed by atoms with Gasteiger partial charge >= 0.3 is 5.97 Å². The molecule has 0 aliphatic rings. The number of methoxy groups -OCH3 is 1. The van der Waals surface area contributed by atoms with Crippen molar-refractivity contribution in [3.05, 3.63) is 53.7 Å². The molecule has 8 heteroatoms. The number of ether oxygens (including phenoxy) is 1. The Morgan fingerprint density at radius 3 is 2.70 bits per heavy atom. The van der Waals surface area contributed by atoms with Crippen molar-refractivity contribution in [2.24, 2.45) is 0 Å². The Balaban J connectivity index is 2.19. The topological polar surface area (TPSA) is 85.4 Å². The third kappa shape index (κ3) is 2.90. The summed E-state index contributed by atoms with van der Waals surface area (Å²) in [5, 5.41) is 0.481. The Morgan fingerprint density at radius 2 is 2.00 bits per heavy atom. The summed E-state index contributed by atoms with van der Waals surface area (Å²) in [5.41, 5.74) is 0.318. The zero-order chi connectivity index (χ0) is 16.4. The molecule has 0 atom stereocenters. The van der Waals surface area contributed by atoms with E-state index in [9.17, 15) is 13.2 Å². The van der Waals surface area contributed by atoms with Gasteiger partial charge in [0.25, 0.3) is 10.0 Å². The van der Waals surface area contributed by atoms with Gasteiger partial charge in [-0.05, 0) is 18.2 Å². The Bertz CT molecular complexity index is 966. The van der Waals surface area contributed by atoms with Crippen molar-refractivity contribution in [3.63, 3.8) is 0 Å². The van der Waals surface area contributed by atoms with Crippen molar-refractivity contribution in [2.75, 3.05) is 11.8 Å². The molecule has 3 rings (SSSR count). The predicted octanol–water partition coefficient (Wildman–Crippen LogP) is 2.88. The first kappa shape index (κ1) is 15.4. The maximum atomic E-state index is 12.8. The van der Waals surface area contributed by atoms with Gasteiger partial charge in [-0.2, -0.15) is 0 Å². The minimum atomic E-state index is -3.96. The molecule has 0 spiro atoms. The van der Waals surface area contributed by atoms with E-state index in [0.717, 1.165) is 11.3 Å². The number of carbonyl (C=O) groups excluding carboxylic acids is 1. The summed E-state index contributed by atoms with van der Waals surface area (Å²) in [7, 11) is -2.74. The summed E-state index contributed by atoms with van der Waals surface area (Å²) in [5.74, 6) is -0.683. The normalized spacial score (nSPS) is 11.3. The van der Waals surface area contributed by atoms with Gasteiger partial charge in [0.1, 0.15) is 9.77 Å². The van der Waals surface area contributed by atoms with Crippen LogP contribution in [0.4, 0.5) is 5.69 Å². The van der Waals surface area contributed by atoms with Crippen LogP contribution < -0.4 is 4.72 Å². The van der Waals surface area contributed by atoms with E-state index in [-0.39, 0.29) is 9.77 Å². The van der Waals surface area contributed by atoms with Gasteiger partial charge in [-0.1, -0.05) is 18.2 Å². The maximum absolute atomic E-state index is 12.8. The lowest BCUT2D eigenvalue weighted by atomic mass is 10.2. The molecule has 23 heavy (non-hydrogen) atoms. The fraction of sp³-hybridized carbons (Fsp3) is 0.0667. The van der Waals surface area contributed by atoms with Crippen molar-refractivity contribution >= 4 is 43.1 Å². The molecule has 2 aromatic heterocycles. The second-order valence-corrected chi connectivity index (χ2v) is 7.27. The molecule has 6 nitrogen and oxygen atoms in total. The zero-order valence-electron chi connectivity index (χ0n) is 12.0. The van der Waals surface area contributed by atoms with E-state index >= 15 is 0 Å². The lowest BCUT2D eigenvalue weighted by molar-refractivity contribution is 0.0602. The largest absolute Gasteiger partial charge is 0.465 e. The summed E-state index contributed by atoms with van der Waals surface area (Å²) in [6.07, 6.45) is 2.93. The molecule has 118 valence electrons. The third-order valence-electron chi connectivity index (χ3n) is 3.10. The fourth-order valence-corrected chi connectivity index (χ4v) is 5.01. The summed E-state index contributed by atoms with van der Waals surface area (Å²) in [6.45, 7) is 0. The molecule has 0 bridgehead atoms. The monoisotopic (exact) mass is 348 g/mol. The van der Waals surface area contributed by atoms with E-state index in [2.05, 4.69) is 9.71 Å². The fourth-order valence-electron chi connectivity index (χ4n) is 2.15. The molecule has 0 amide bonds. The number of sulfonamides is 1. The number of nitrogens with zero attached hydrogens (tertiary/aromatic N) is 1. The molecule has 0 unspecified atom stereocenters. The third-order valence-corrected chi connectivity index (χ3v) is 5.85. The van der Waals surface area contributed by atoms with Gasteiger partial charge in [0.05, 0.1) is 19.0 Å². The van der Waals surface area contributed by atoms with E-state index < -0.39 is 16.0 Å². The van der Waals surface area contributed by atoms with Crippen LogP contribution in [0, 0.1) is 0 Å². The number of thiophene rings is 1. The number of anilines is 1. The molecule has 2 heterocycles. The van der Waals surface area contributed by atoms with E-state index in [1.165, 1.54) is 19.5 Å². The second-order valence-electron chi connectivity index (χ2n) is 4.60. The first-order valence-electron chi connectivity index (χ1n) is 6.55. The molecule has 1 aromatic carbocycles. The smallest absolute Gasteiger partial charge is 0.349 e. The van der Waals surface area contributed by atoms with Gasteiger partial charge < -0.3 is 4.74 Å². The van der Waals surface area contributed by atoms with E-state index in [4.69, 9.17) is 4.74 Å². The first-order chi connectivity index (χ1) is 11.0. The zero-order valence-corrected chi connectivity index (χ0v) is 13.6. The average molecular weight is 348 g/mol. The molecule has 0 aliphatic heterocycles. The van der Waals surface area contributed by atoms with Crippen molar-refractivity contribution < 1.29 is 17.9 Å². The molecule has 0 saturated heterocycles. The Labute approximate surface area is 136 Å². The van der Waals surface area contributed by atoms with Crippen LogP contribution in [0.15, 0.2) is 53.7 Å². The maximum Gasteiger partial charge on any atom is 0.349 e. The number of rotatable bonds is 4. The number of aromatic nitrogens is 1. The molecule has 0 radical (unpaired) electrons. The van der Waals surface area contributed by atoms with Gasteiger partial charge in [0, 0.05) is 16.3 Å². The quantitative estimate of drug-likeness (QED) is 0.733. The highest BCUT2D eigenvalue weighted by Crippen LogP contribution is 2.35. The van der Waals surface area contributed by atoms with E-state index in [1.54, 1.807) is 36.4 Å². The molecule has 1 N–H and O–H groups in total. The highest BCUT2D eigenvalue weighted by atomic mass is 32.2. The Morgan fingerprint density at radius 1 is 1.22 bits per heavy atom. The number of carbonyl (C=O) groups is 1. The summed E-state index contributed by atoms with van der Waals surface area (Å²) < 4.78 is 33.4. The van der Waals surface area contributed by atoms with Crippen LogP contribution >= 0.6 is 11.3 Å². The van der Waals surface area contributed by atoms with Crippen LogP contribution in [0.5, 0.6) is 0 Å². The van der Waals surface area contributed by atoms with Gasteiger partial charge in [0.15, 0.2) is 0 Å². The van der Waals surface area contributed by atoms with Crippen LogP contribution in [0.2, 0.25) is 0 Å². The number of hydrogen-bond donors (Lipinski definition) is 1. The molecular weight excluding hydrogens is 336 g/mol. The van der Waals surface area contributed by atoms with E-state index in [0.29, 0.717) is 15.8 Å². The van der Waals surface area contributed by atoms with Crippen LogP contribution in [-0.2, 0) is 14.8 Å². The average Bonchev–Trinajstić information content (AvgIpc) is 2.95. The minimum Gasteiger partial charge on any atom is -0.465 e. The Hall–Kier alpha value is -2.45. The van der Waals surface area contributed by atoms with Crippen LogP contribution in [-0.4, -0.2) is 26.5 Å². The summed E-state index contributed by atoms with van der Waals surface area (Å²) in [4.78, 5) is 15.8. The molecular formula is C15H12N2O4S2. The summed E-state index contributed by atoms with van der Waals surface area (Å²) in [6, 6.07) is 10.1. The van der Waals surface area contributed by atoms with Gasteiger partial charge in [-0.25, -0.2) is 13.2 Å². The Kier molecular flexibility index (Phi) is 4.01. The lowest BCUT2D eigenvalue weighted by Crippen LogP contribution is -2.16. The van der Waals surface area contributed by atoms with Crippen molar-refractivity contribution in [1.82, 2.24) is 4.98 Å². The summed E-state index contributed by atoms with van der Waals surface area (Å²) >= 11 is 1.08. The number of pyridine rings is 1. The van der Waals surface area contributed by atoms with Gasteiger partial charge in [-0.3, -0.25) is 9.71 Å². The number of hydrogen-bond acceptors (Lipinski definition) is 6. The van der Waals surface area contributed by atoms with Gasteiger partial charge in [-0.15, -0.1) is 11.3 Å². The van der Waals surface area contributed by atoms with Crippen molar-refractivity contribution in [2.45, 2.75) is 4.90 Å². The highest BCUT2D eigenvalue weighted by molar-refractivity contribution is 7.93. The lowest BCUT2D eigenvalue weighted by Gasteiger charge is -2.08. The molecule has 0 fully saturated rings. The SMILES string of the molecule is COC(=O)c1sc2ccccc2c1S(=O)(=O)Nc1cccnc1. The number of esters is 1. The van der Waals surface area contributed by atoms with Crippen molar-refractivity contribution in [1.29, 1.82) is 0 Å². The predicted molar refractivity (Wildman–Crippen MR) is 88.2 cm³/mol. The molecule has 3 aromatic rings. The van der Waals surface area contributed by atoms with E-state index in [1.807, 2.05) is 0 Å². The molecule has 0 saturated carbocycles. The van der Waals surface area contributed by atoms with Crippen LogP contribution in [0.3, 0.4) is 0 Å². The number of benzene rings is 1. The highest BCUT2D eigenvalue weighted by Gasteiger charge is 2.29. The van der Waals surface area contributed by atoms with Crippen LogP contribution in [0.1, 0.15) is 9.67 Å². The standard InChI is InChI=1S/C15H12N2O4S2/c1-21-15(18)13-14(11-6-2-3-7-12(11)22-13)23(19,20)17-10-5-4-8-16-9-10/h2-9,17H,1H3.